The summed E-state index contributed by atoms with van der Waals surface area (Å²) in [6.07, 6.45) is 0. The topological polar surface area (TPSA) is 25.2 Å². The molecule has 302 valence electrons. The number of anilines is 3. The van der Waals surface area contributed by atoms with E-state index in [9.17, 15) is 0 Å². The molecule has 0 amide bonds. The molecule has 0 fully saturated rings. The van der Waals surface area contributed by atoms with Crippen molar-refractivity contribution in [2.24, 2.45) is 0 Å². The summed E-state index contributed by atoms with van der Waals surface area (Å²) in [5.41, 5.74) is 20.7. The van der Waals surface area contributed by atoms with Gasteiger partial charge in [0.05, 0.1) is 33.7 Å². The zero-order chi connectivity index (χ0) is 42.8. The summed E-state index contributed by atoms with van der Waals surface area (Å²) in [6.45, 7) is 0. The van der Waals surface area contributed by atoms with Crippen LogP contribution in [0.15, 0.2) is 235 Å². The summed E-state index contributed by atoms with van der Waals surface area (Å²) in [5, 5.41) is 2.67. The van der Waals surface area contributed by atoms with Gasteiger partial charge in [0.2, 0.25) is 0 Å². The molecule has 0 bridgehead atoms. The molecule has 0 N–H and O–H groups in total. The van der Waals surface area contributed by atoms with Crippen molar-refractivity contribution in [3.05, 3.63) is 263 Å². The first kappa shape index (κ1) is 36.0. The van der Waals surface area contributed by atoms with Crippen molar-refractivity contribution in [3.8, 4) is 61.3 Å². The van der Waals surface area contributed by atoms with Gasteiger partial charge in [0, 0.05) is 38.6 Å². The van der Waals surface area contributed by atoms with E-state index in [-0.39, 0.29) is 5.56 Å². The standard InChI is InChI=1S/C62H38N2O/c65-61-50-26-5-4-20-41(50)48-28-16-29-49-45-24-9-14-33-55(45)63(57-37-36-40(39-18-2-1-3-19-39)38-51(57)46-25-10-15-34-56(46)64(61)60(48)49)58-35-17-27-47-44-23-8-13-32-54(44)62(59(47)58)52-30-11-6-21-42(52)43-22-7-12-31-53(43)62/h1-38H. The monoisotopic (exact) mass is 826 g/mol. The molecule has 0 radical (unpaired) electrons. The van der Waals surface area contributed by atoms with E-state index in [0.29, 0.717) is 5.39 Å². The molecule has 2 aliphatic carbocycles. The maximum atomic E-state index is 15.3. The van der Waals surface area contributed by atoms with Crippen LogP contribution >= 0.6 is 0 Å². The first-order chi connectivity index (χ1) is 32.2. The number of fused-ring (bicyclic) bond motifs is 18. The third-order valence-corrected chi connectivity index (χ3v) is 14.4. The number of aromatic nitrogens is 1. The average molecular weight is 827 g/mol. The fourth-order valence-corrected chi connectivity index (χ4v) is 11.8. The van der Waals surface area contributed by atoms with Gasteiger partial charge in [-0.3, -0.25) is 9.36 Å². The Labute approximate surface area is 376 Å². The highest BCUT2D eigenvalue weighted by molar-refractivity contribution is 6.13. The average Bonchev–Trinajstić information content (AvgIpc) is 3.85. The van der Waals surface area contributed by atoms with Gasteiger partial charge >= 0.3 is 0 Å². The molecule has 65 heavy (non-hydrogen) atoms. The second-order valence-electron chi connectivity index (χ2n) is 17.4. The molecule has 10 aromatic carbocycles. The first-order valence-corrected chi connectivity index (χ1v) is 22.4. The number of rotatable bonds is 2. The molecule has 0 saturated carbocycles. The lowest BCUT2D eigenvalue weighted by molar-refractivity contribution is 0.793. The van der Waals surface area contributed by atoms with Crippen LogP contribution in [0.5, 0.6) is 0 Å². The van der Waals surface area contributed by atoms with Gasteiger partial charge < -0.3 is 4.90 Å². The molecular formula is C62H38N2O. The van der Waals surface area contributed by atoms with Crippen LogP contribution in [0.4, 0.5) is 17.1 Å². The molecule has 0 unspecified atom stereocenters. The van der Waals surface area contributed by atoms with E-state index in [4.69, 9.17) is 0 Å². The molecule has 0 atom stereocenters. The lowest BCUT2D eigenvalue weighted by atomic mass is 9.70. The predicted octanol–water partition coefficient (Wildman–Crippen LogP) is 15.3. The van der Waals surface area contributed by atoms with Gasteiger partial charge in [0.1, 0.15) is 0 Å². The third kappa shape index (κ3) is 4.76. The molecule has 1 spiro atoms. The van der Waals surface area contributed by atoms with Gasteiger partial charge in [-0.25, -0.2) is 0 Å². The minimum absolute atomic E-state index is 0.0391. The molecule has 0 saturated heterocycles. The Hall–Kier alpha value is -8.53. The van der Waals surface area contributed by atoms with E-state index >= 15 is 4.79 Å². The van der Waals surface area contributed by atoms with Crippen LogP contribution in [0.2, 0.25) is 0 Å². The van der Waals surface area contributed by atoms with Crippen LogP contribution in [-0.4, -0.2) is 4.57 Å². The van der Waals surface area contributed by atoms with E-state index in [1.165, 1.54) is 44.5 Å². The highest BCUT2D eigenvalue weighted by Gasteiger charge is 2.53. The van der Waals surface area contributed by atoms with E-state index in [0.717, 1.165) is 72.4 Å². The third-order valence-electron chi connectivity index (χ3n) is 14.4. The summed E-state index contributed by atoms with van der Waals surface area (Å²) < 4.78 is 1.99. The van der Waals surface area contributed by atoms with E-state index in [1.54, 1.807) is 0 Å². The predicted molar refractivity (Wildman–Crippen MR) is 268 cm³/mol. The zero-order valence-electron chi connectivity index (χ0n) is 35.2. The van der Waals surface area contributed by atoms with Gasteiger partial charge in [-0.15, -0.1) is 0 Å². The highest BCUT2D eigenvalue weighted by Crippen LogP contribution is 2.66. The van der Waals surface area contributed by atoms with Gasteiger partial charge in [-0.2, -0.15) is 0 Å². The lowest BCUT2D eigenvalue weighted by Crippen LogP contribution is -2.28. The van der Waals surface area contributed by atoms with Crippen molar-refractivity contribution in [2.75, 3.05) is 4.90 Å². The Bertz CT molecular complexity index is 3820. The summed E-state index contributed by atoms with van der Waals surface area (Å²) in [4.78, 5) is 17.9. The molecule has 1 aliphatic heterocycles. The van der Waals surface area contributed by atoms with E-state index in [2.05, 4.69) is 217 Å². The molecule has 2 heterocycles. The number of para-hydroxylation sites is 3. The van der Waals surface area contributed by atoms with Crippen molar-refractivity contribution < 1.29 is 0 Å². The highest BCUT2D eigenvalue weighted by atomic mass is 16.1. The molecule has 3 nitrogen and oxygen atoms in total. The summed E-state index contributed by atoms with van der Waals surface area (Å²) in [7, 11) is 0. The summed E-state index contributed by atoms with van der Waals surface area (Å²) in [6, 6.07) is 83.4. The largest absolute Gasteiger partial charge is 0.309 e. The van der Waals surface area contributed by atoms with Crippen LogP contribution in [0.25, 0.3) is 83.0 Å². The molecule has 3 aliphatic rings. The van der Waals surface area contributed by atoms with Crippen LogP contribution in [0.1, 0.15) is 22.3 Å². The summed E-state index contributed by atoms with van der Waals surface area (Å²) in [5.74, 6) is 0. The van der Waals surface area contributed by atoms with Crippen LogP contribution in [0.3, 0.4) is 0 Å². The Morgan fingerprint density at radius 2 is 0.785 bits per heavy atom. The maximum absolute atomic E-state index is 15.3. The lowest BCUT2D eigenvalue weighted by Gasteiger charge is -2.37. The molecular weight excluding hydrogens is 789 g/mol. The van der Waals surface area contributed by atoms with Crippen LogP contribution in [0, 0.1) is 0 Å². The van der Waals surface area contributed by atoms with Crippen molar-refractivity contribution in [3.63, 3.8) is 0 Å². The van der Waals surface area contributed by atoms with Crippen LogP contribution in [-0.2, 0) is 5.41 Å². The van der Waals surface area contributed by atoms with Crippen LogP contribution < -0.4 is 10.5 Å². The minimum Gasteiger partial charge on any atom is -0.309 e. The zero-order valence-corrected chi connectivity index (χ0v) is 35.2. The van der Waals surface area contributed by atoms with Crippen molar-refractivity contribution in [2.45, 2.75) is 5.41 Å². The molecule has 1 aromatic heterocycles. The van der Waals surface area contributed by atoms with Crippen molar-refractivity contribution in [1.82, 2.24) is 4.57 Å². The normalized spacial score (nSPS) is 13.4. The number of nitrogens with zero attached hydrogens (tertiary/aromatic N) is 2. The fraction of sp³-hybridized carbons (Fsp3) is 0.0161. The maximum Gasteiger partial charge on any atom is 0.263 e. The Morgan fingerprint density at radius 3 is 1.49 bits per heavy atom. The Morgan fingerprint density at radius 1 is 0.308 bits per heavy atom. The van der Waals surface area contributed by atoms with Gasteiger partial charge in [0.25, 0.3) is 5.56 Å². The molecule has 3 heteroatoms. The first-order valence-electron chi connectivity index (χ1n) is 22.4. The fourth-order valence-electron chi connectivity index (χ4n) is 11.8. The molecule has 14 rings (SSSR count). The number of hydrogen-bond acceptors (Lipinski definition) is 2. The van der Waals surface area contributed by atoms with E-state index < -0.39 is 5.41 Å². The van der Waals surface area contributed by atoms with Gasteiger partial charge in [-0.05, 0) is 91.9 Å². The Balaban J connectivity index is 1.19. The van der Waals surface area contributed by atoms with Crippen molar-refractivity contribution in [1.29, 1.82) is 0 Å². The Kier molecular flexibility index (Phi) is 7.47. The molecule has 11 aromatic rings. The second kappa shape index (κ2) is 13.5. The minimum atomic E-state index is -0.596. The van der Waals surface area contributed by atoms with E-state index in [1.807, 2.05) is 22.8 Å². The van der Waals surface area contributed by atoms with Gasteiger partial charge in [-0.1, -0.05) is 194 Å². The summed E-state index contributed by atoms with van der Waals surface area (Å²) >= 11 is 0. The van der Waals surface area contributed by atoms with Gasteiger partial charge in [0.15, 0.2) is 0 Å². The number of pyridine rings is 1. The smallest absolute Gasteiger partial charge is 0.263 e. The number of hydrogen-bond donors (Lipinski definition) is 0. The number of benzene rings is 10. The SMILES string of the molecule is O=c1c2ccccc2c2cccc3c2n1-c1ccccc1-c1cc(-c2ccccc2)ccc1N(c1cccc2c1C1(c4ccccc4-c4ccccc41)c1ccccc1-2)c1ccccc1-3. The second-order valence-corrected chi connectivity index (χ2v) is 17.4. The van der Waals surface area contributed by atoms with Crippen molar-refractivity contribution >= 4 is 38.7 Å². The quantitative estimate of drug-likeness (QED) is 0.162.